The van der Waals surface area contributed by atoms with Crippen molar-refractivity contribution in [1.29, 1.82) is 0 Å². The lowest BCUT2D eigenvalue weighted by Crippen LogP contribution is -2.30. The lowest BCUT2D eigenvalue weighted by Gasteiger charge is -2.11. The predicted octanol–water partition coefficient (Wildman–Crippen LogP) is 0.898. The smallest absolute Gasteiger partial charge is 0.328 e. The molecule has 6 nitrogen and oxygen atoms in total. The molecular weight excluding hydrogens is 256 g/mol. The van der Waals surface area contributed by atoms with Crippen molar-refractivity contribution < 1.29 is 19.5 Å². The third-order valence-corrected chi connectivity index (χ3v) is 3.35. The number of urea groups is 1. The lowest BCUT2D eigenvalue weighted by atomic mass is 10.2. The highest BCUT2D eigenvalue weighted by Crippen LogP contribution is 2.21. The standard InChI is InChI=1S/C11H10N2O4S/c14-9-5-12-11(17)13(9)6-8-7(3-4-18-8)1-2-10(15)16/h1-4H,5-6H2,(H,12,17)(H,15,16). The minimum atomic E-state index is -1.04. The first-order valence-corrected chi connectivity index (χ1v) is 6.01. The Morgan fingerprint density at radius 1 is 1.56 bits per heavy atom. The molecule has 3 amide bonds. The molecule has 7 heteroatoms. The molecule has 1 saturated heterocycles. The van der Waals surface area contributed by atoms with Crippen LogP contribution >= 0.6 is 11.3 Å². The zero-order valence-electron chi connectivity index (χ0n) is 9.25. The number of thiophene rings is 1. The zero-order valence-corrected chi connectivity index (χ0v) is 10.1. The first kappa shape index (κ1) is 12.3. The maximum Gasteiger partial charge on any atom is 0.328 e. The largest absolute Gasteiger partial charge is 0.478 e. The molecule has 0 aliphatic carbocycles. The minimum Gasteiger partial charge on any atom is -0.478 e. The highest BCUT2D eigenvalue weighted by molar-refractivity contribution is 7.10. The topological polar surface area (TPSA) is 86.7 Å². The maximum absolute atomic E-state index is 11.4. The molecule has 0 spiro atoms. The van der Waals surface area contributed by atoms with Crippen molar-refractivity contribution in [3.05, 3.63) is 28.0 Å². The normalized spacial score (nSPS) is 15.4. The van der Waals surface area contributed by atoms with Gasteiger partial charge < -0.3 is 10.4 Å². The monoisotopic (exact) mass is 266 g/mol. The van der Waals surface area contributed by atoms with E-state index in [1.807, 2.05) is 0 Å². The van der Waals surface area contributed by atoms with Crippen LogP contribution in [0.3, 0.4) is 0 Å². The summed E-state index contributed by atoms with van der Waals surface area (Å²) in [7, 11) is 0. The van der Waals surface area contributed by atoms with Gasteiger partial charge >= 0.3 is 12.0 Å². The van der Waals surface area contributed by atoms with Crippen molar-refractivity contribution in [2.24, 2.45) is 0 Å². The molecule has 0 aromatic carbocycles. The summed E-state index contributed by atoms with van der Waals surface area (Å²) in [6.45, 7) is 0.187. The molecule has 1 aromatic heterocycles. The molecule has 1 aliphatic heterocycles. The molecule has 0 unspecified atom stereocenters. The Bertz CT molecular complexity index is 519. The molecule has 0 bridgehead atoms. The average Bonchev–Trinajstić information content (AvgIpc) is 2.88. The summed E-state index contributed by atoms with van der Waals surface area (Å²) in [5.41, 5.74) is 0.704. The van der Waals surface area contributed by atoms with Crippen LogP contribution in [-0.4, -0.2) is 34.5 Å². The number of carbonyl (C=O) groups excluding carboxylic acids is 2. The molecule has 0 radical (unpaired) electrons. The summed E-state index contributed by atoms with van der Waals surface area (Å²) in [5.74, 6) is -1.32. The molecule has 2 rings (SSSR count). The van der Waals surface area contributed by atoms with Crippen LogP contribution in [0.5, 0.6) is 0 Å². The molecular formula is C11H10N2O4S. The number of aliphatic carboxylic acids is 1. The number of carboxylic acids is 1. The molecule has 1 aliphatic rings. The highest BCUT2D eigenvalue weighted by atomic mass is 32.1. The summed E-state index contributed by atoms with van der Waals surface area (Å²) in [4.78, 5) is 35.1. The van der Waals surface area contributed by atoms with Gasteiger partial charge in [-0.1, -0.05) is 0 Å². The summed E-state index contributed by atoms with van der Waals surface area (Å²) >= 11 is 1.37. The Morgan fingerprint density at radius 3 is 2.94 bits per heavy atom. The number of imide groups is 1. The van der Waals surface area contributed by atoms with Crippen LogP contribution in [0, 0.1) is 0 Å². The summed E-state index contributed by atoms with van der Waals surface area (Å²) in [5, 5.41) is 12.8. The highest BCUT2D eigenvalue weighted by Gasteiger charge is 2.29. The van der Waals surface area contributed by atoms with Gasteiger partial charge in [-0.25, -0.2) is 9.59 Å². The van der Waals surface area contributed by atoms with Gasteiger partial charge in [0.15, 0.2) is 0 Å². The van der Waals surface area contributed by atoms with Gasteiger partial charge in [-0.3, -0.25) is 9.69 Å². The van der Waals surface area contributed by atoms with Gasteiger partial charge in [0.2, 0.25) is 5.91 Å². The Hall–Kier alpha value is -2.15. The van der Waals surface area contributed by atoms with Crippen LogP contribution in [-0.2, 0) is 16.1 Å². The van der Waals surface area contributed by atoms with E-state index in [9.17, 15) is 14.4 Å². The van der Waals surface area contributed by atoms with Gasteiger partial charge in [0.05, 0.1) is 13.1 Å². The van der Waals surface area contributed by atoms with Crippen molar-refractivity contribution in [2.75, 3.05) is 6.54 Å². The van der Waals surface area contributed by atoms with E-state index >= 15 is 0 Å². The van der Waals surface area contributed by atoms with Gasteiger partial charge in [0, 0.05) is 11.0 Å². The first-order chi connectivity index (χ1) is 8.58. The SMILES string of the molecule is O=C(O)C=Cc1ccsc1CN1C(=O)CNC1=O. The van der Waals surface area contributed by atoms with E-state index in [0.717, 1.165) is 15.9 Å². The summed E-state index contributed by atoms with van der Waals surface area (Å²) in [6, 6.07) is 1.33. The number of carbonyl (C=O) groups is 3. The molecule has 0 atom stereocenters. The number of hydrogen-bond acceptors (Lipinski definition) is 4. The molecule has 2 N–H and O–H groups in total. The van der Waals surface area contributed by atoms with Crippen LogP contribution in [0.15, 0.2) is 17.5 Å². The Labute approximate surface area is 107 Å². The fourth-order valence-corrected chi connectivity index (χ4v) is 2.40. The van der Waals surface area contributed by atoms with E-state index in [1.165, 1.54) is 17.4 Å². The number of amides is 3. The van der Waals surface area contributed by atoms with Crippen molar-refractivity contribution in [3.8, 4) is 0 Å². The van der Waals surface area contributed by atoms with E-state index in [2.05, 4.69) is 5.32 Å². The first-order valence-electron chi connectivity index (χ1n) is 5.13. The van der Waals surface area contributed by atoms with Gasteiger partial charge in [0.25, 0.3) is 0 Å². The predicted molar refractivity (Wildman–Crippen MR) is 64.9 cm³/mol. The quantitative estimate of drug-likeness (QED) is 0.626. The van der Waals surface area contributed by atoms with Crippen LogP contribution < -0.4 is 5.32 Å². The zero-order chi connectivity index (χ0) is 13.1. The number of carboxylic acid groups (broad SMARTS) is 1. The minimum absolute atomic E-state index is 0.0184. The van der Waals surface area contributed by atoms with Crippen molar-refractivity contribution in [2.45, 2.75) is 6.54 Å². The number of hydrogen-bond donors (Lipinski definition) is 2. The van der Waals surface area contributed by atoms with Crippen LogP contribution in [0.4, 0.5) is 4.79 Å². The van der Waals surface area contributed by atoms with E-state index in [4.69, 9.17) is 5.11 Å². The fraction of sp³-hybridized carbons (Fsp3) is 0.182. The number of nitrogens with one attached hydrogen (secondary N) is 1. The van der Waals surface area contributed by atoms with E-state index in [-0.39, 0.29) is 19.0 Å². The second-order valence-corrected chi connectivity index (χ2v) is 4.61. The number of rotatable bonds is 4. The second kappa shape index (κ2) is 5.01. The van der Waals surface area contributed by atoms with Crippen LogP contribution in [0.25, 0.3) is 6.08 Å². The van der Waals surface area contributed by atoms with E-state index in [0.29, 0.717) is 5.56 Å². The van der Waals surface area contributed by atoms with Crippen molar-refractivity contribution in [3.63, 3.8) is 0 Å². The Kier molecular flexibility index (Phi) is 3.42. The van der Waals surface area contributed by atoms with Crippen LogP contribution in [0.1, 0.15) is 10.4 Å². The molecule has 1 fully saturated rings. The van der Waals surface area contributed by atoms with Gasteiger partial charge in [-0.05, 0) is 23.1 Å². The molecule has 2 heterocycles. The van der Waals surface area contributed by atoms with E-state index in [1.54, 1.807) is 11.4 Å². The third kappa shape index (κ3) is 2.57. The average molecular weight is 266 g/mol. The fourth-order valence-electron chi connectivity index (χ4n) is 1.55. The van der Waals surface area contributed by atoms with Gasteiger partial charge in [0.1, 0.15) is 0 Å². The van der Waals surface area contributed by atoms with Crippen molar-refractivity contribution >= 4 is 35.3 Å². The third-order valence-electron chi connectivity index (χ3n) is 2.42. The molecule has 0 saturated carbocycles. The Morgan fingerprint density at radius 2 is 2.33 bits per heavy atom. The summed E-state index contributed by atoms with van der Waals surface area (Å²) in [6.07, 6.45) is 2.48. The van der Waals surface area contributed by atoms with Gasteiger partial charge in [-0.15, -0.1) is 11.3 Å². The lowest BCUT2D eigenvalue weighted by molar-refractivity contribution is -0.131. The Balaban J connectivity index is 2.15. The van der Waals surface area contributed by atoms with Gasteiger partial charge in [-0.2, -0.15) is 0 Å². The molecule has 18 heavy (non-hydrogen) atoms. The molecule has 1 aromatic rings. The number of nitrogens with zero attached hydrogens (tertiary/aromatic N) is 1. The van der Waals surface area contributed by atoms with E-state index < -0.39 is 12.0 Å². The van der Waals surface area contributed by atoms with Crippen molar-refractivity contribution in [1.82, 2.24) is 10.2 Å². The van der Waals surface area contributed by atoms with Crippen LogP contribution in [0.2, 0.25) is 0 Å². The molecule has 94 valence electrons. The second-order valence-electron chi connectivity index (χ2n) is 3.61. The maximum atomic E-state index is 11.4. The summed E-state index contributed by atoms with van der Waals surface area (Å²) < 4.78 is 0.